The molecule has 0 aromatic heterocycles. The molecule has 1 unspecified atom stereocenters. The maximum absolute atomic E-state index is 13.6. The summed E-state index contributed by atoms with van der Waals surface area (Å²) in [4.78, 5) is 42.9. The van der Waals surface area contributed by atoms with Crippen LogP contribution in [-0.4, -0.2) is 71.8 Å². The zero-order valence-corrected chi connectivity index (χ0v) is 18.4. The van der Waals surface area contributed by atoms with E-state index in [-0.39, 0.29) is 23.8 Å². The van der Waals surface area contributed by atoms with Gasteiger partial charge in [0.15, 0.2) is 0 Å². The number of piperazine rings is 1. The third kappa shape index (κ3) is 4.77. The van der Waals surface area contributed by atoms with Crippen molar-refractivity contribution in [2.24, 2.45) is 0 Å². The van der Waals surface area contributed by atoms with E-state index in [1.807, 2.05) is 47.4 Å². The molecule has 4 rings (SSSR count). The zero-order chi connectivity index (χ0) is 22.5. The zero-order valence-electron chi connectivity index (χ0n) is 18.4. The van der Waals surface area contributed by atoms with Crippen molar-refractivity contribution < 1.29 is 19.1 Å². The van der Waals surface area contributed by atoms with Crippen LogP contribution in [-0.2, 0) is 9.59 Å². The lowest BCUT2D eigenvalue weighted by atomic mass is 10.0. The Labute approximate surface area is 188 Å². The number of hydrogen-bond acceptors (Lipinski definition) is 4. The second kappa shape index (κ2) is 9.85. The van der Waals surface area contributed by atoms with Crippen LogP contribution in [0.15, 0.2) is 54.6 Å². The number of ether oxygens (including phenoxy) is 1. The van der Waals surface area contributed by atoms with Crippen LogP contribution in [0.1, 0.15) is 41.7 Å². The van der Waals surface area contributed by atoms with Crippen molar-refractivity contribution in [2.75, 3.05) is 39.3 Å². The highest BCUT2D eigenvalue weighted by Crippen LogP contribution is 2.29. The summed E-state index contributed by atoms with van der Waals surface area (Å²) in [6, 6.07) is 16.8. The Bertz CT molecular complexity index is 978. The number of nitrogens with zero attached hydrogens (tertiary/aromatic N) is 3. The van der Waals surface area contributed by atoms with Gasteiger partial charge in [0.25, 0.3) is 5.91 Å². The van der Waals surface area contributed by atoms with Gasteiger partial charge in [0.1, 0.15) is 12.4 Å². The van der Waals surface area contributed by atoms with Crippen LogP contribution in [0.4, 0.5) is 0 Å². The molecule has 0 N–H and O–H groups in total. The van der Waals surface area contributed by atoms with Crippen LogP contribution < -0.4 is 4.74 Å². The number of benzene rings is 2. The number of likely N-dealkylation sites (tertiary alicyclic amines) is 1. The maximum atomic E-state index is 13.6. The standard InChI is InChI=1S/C25H29N3O4/c1-19(29)27-14-15-28(22(18-27)20-8-3-2-4-9-20)25(31)21-10-5-6-11-23(21)32-17-16-26-13-7-12-24(26)30/h2-6,8-11,22H,7,12-18H2,1H3. The summed E-state index contributed by atoms with van der Waals surface area (Å²) in [6.07, 6.45) is 1.49. The summed E-state index contributed by atoms with van der Waals surface area (Å²) >= 11 is 0. The van der Waals surface area contributed by atoms with Crippen molar-refractivity contribution in [3.05, 3.63) is 65.7 Å². The molecule has 0 bridgehead atoms. The third-order valence-electron chi connectivity index (χ3n) is 6.18. The van der Waals surface area contributed by atoms with Gasteiger partial charge in [0, 0.05) is 39.5 Å². The second-order valence-corrected chi connectivity index (χ2v) is 8.22. The minimum Gasteiger partial charge on any atom is -0.491 e. The molecule has 0 aliphatic carbocycles. The summed E-state index contributed by atoms with van der Waals surface area (Å²) in [5, 5.41) is 0. The van der Waals surface area contributed by atoms with Gasteiger partial charge in [0.2, 0.25) is 11.8 Å². The Morgan fingerprint density at radius 1 is 1.00 bits per heavy atom. The van der Waals surface area contributed by atoms with Gasteiger partial charge in [-0.1, -0.05) is 42.5 Å². The van der Waals surface area contributed by atoms with E-state index < -0.39 is 0 Å². The molecule has 2 aliphatic heterocycles. The van der Waals surface area contributed by atoms with Crippen molar-refractivity contribution in [3.63, 3.8) is 0 Å². The first-order valence-corrected chi connectivity index (χ1v) is 11.2. The molecule has 2 heterocycles. The fourth-order valence-electron chi connectivity index (χ4n) is 4.40. The highest BCUT2D eigenvalue weighted by Gasteiger charge is 2.34. The molecule has 0 saturated carbocycles. The number of carbonyl (C=O) groups is 3. The molecule has 7 nitrogen and oxygen atoms in total. The minimum atomic E-state index is -0.225. The van der Waals surface area contributed by atoms with Crippen molar-refractivity contribution in [2.45, 2.75) is 25.8 Å². The molecule has 2 aliphatic rings. The van der Waals surface area contributed by atoms with E-state index in [0.717, 1.165) is 18.5 Å². The van der Waals surface area contributed by atoms with E-state index in [0.29, 0.717) is 50.5 Å². The second-order valence-electron chi connectivity index (χ2n) is 8.22. The van der Waals surface area contributed by atoms with Crippen molar-refractivity contribution in [1.82, 2.24) is 14.7 Å². The quantitative estimate of drug-likeness (QED) is 0.700. The Morgan fingerprint density at radius 3 is 2.47 bits per heavy atom. The normalized spacial score (nSPS) is 18.7. The lowest BCUT2D eigenvalue weighted by Crippen LogP contribution is -2.51. The van der Waals surface area contributed by atoms with Crippen LogP contribution in [0.5, 0.6) is 5.75 Å². The van der Waals surface area contributed by atoms with Gasteiger partial charge in [-0.25, -0.2) is 0 Å². The molecule has 1 atom stereocenters. The van der Waals surface area contributed by atoms with E-state index in [4.69, 9.17) is 4.74 Å². The third-order valence-corrected chi connectivity index (χ3v) is 6.18. The van der Waals surface area contributed by atoms with Gasteiger partial charge in [-0.3, -0.25) is 14.4 Å². The summed E-state index contributed by atoms with van der Waals surface area (Å²) < 4.78 is 5.95. The molecule has 2 fully saturated rings. The van der Waals surface area contributed by atoms with Gasteiger partial charge in [-0.2, -0.15) is 0 Å². The lowest BCUT2D eigenvalue weighted by Gasteiger charge is -2.41. The van der Waals surface area contributed by atoms with Crippen molar-refractivity contribution >= 4 is 17.7 Å². The van der Waals surface area contributed by atoms with E-state index in [9.17, 15) is 14.4 Å². The smallest absolute Gasteiger partial charge is 0.258 e. The van der Waals surface area contributed by atoms with Crippen LogP contribution in [0.25, 0.3) is 0 Å². The van der Waals surface area contributed by atoms with E-state index in [1.54, 1.807) is 28.9 Å². The molecule has 7 heteroatoms. The fourth-order valence-corrected chi connectivity index (χ4v) is 4.40. The topological polar surface area (TPSA) is 70.2 Å². The van der Waals surface area contributed by atoms with E-state index >= 15 is 0 Å². The fraction of sp³-hybridized carbons (Fsp3) is 0.400. The van der Waals surface area contributed by atoms with Gasteiger partial charge in [0.05, 0.1) is 18.2 Å². The minimum absolute atomic E-state index is 0.0122. The molecule has 0 spiro atoms. The van der Waals surface area contributed by atoms with E-state index in [1.165, 1.54) is 0 Å². The predicted molar refractivity (Wildman–Crippen MR) is 120 cm³/mol. The first-order valence-electron chi connectivity index (χ1n) is 11.2. The molecule has 0 radical (unpaired) electrons. The van der Waals surface area contributed by atoms with Crippen LogP contribution in [0.2, 0.25) is 0 Å². The Balaban J connectivity index is 1.52. The molecule has 168 valence electrons. The van der Waals surface area contributed by atoms with Crippen LogP contribution >= 0.6 is 0 Å². The number of carbonyl (C=O) groups excluding carboxylic acids is 3. The lowest BCUT2D eigenvalue weighted by molar-refractivity contribution is -0.131. The maximum Gasteiger partial charge on any atom is 0.258 e. The highest BCUT2D eigenvalue weighted by molar-refractivity contribution is 5.97. The Hall–Kier alpha value is -3.35. The Morgan fingerprint density at radius 2 is 1.75 bits per heavy atom. The summed E-state index contributed by atoms with van der Waals surface area (Å²) in [7, 11) is 0. The largest absolute Gasteiger partial charge is 0.491 e. The number of rotatable bonds is 6. The number of amides is 3. The first kappa shape index (κ1) is 21.9. The molecule has 3 amide bonds. The summed E-state index contributed by atoms with van der Waals surface area (Å²) in [5.41, 5.74) is 1.50. The van der Waals surface area contributed by atoms with Crippen LogP contribution in [0.3, 0.4) is 0 Å². The molecule has 32 heavy (non-hydrogen) atoms. The predicted octanol–water partition coefficient (Wildman–Crippen LogP) is 2.73. The molecular weight excluding hydrogens is 406 g/mol. The van der Waals surface area contributed by atoms with Gasteiger partial charge >= 0.3 is 0 Å². The average Bonchev–Trinajstić information content (AvgIpc) is 3.23. The van der Waals surface area contributed by atoms with E-state index in [2.05, 4.69) is 0 Å². The van der Waals surface area contributed by atoms with Crippen LogP contribution in [0, 0.1) is 0 Å². The molecular formula is C25H29N3O4. The monoisotopic (exact) mass is 435 g/mol. The van der Waals surface area contributed by atoms with Crippen molar-refractivity contribution in [1.29, 1.82) is 0 Å². The van der Waals surface area contributed by atoms with Gasteiger partial charge < -0.3 is 19.4 Å². The summed E-state index contributed by atoms with van der Waals surface area (Å²) in [6.45, 7) is 4.61. The number of hydrogen-bond donors (Lipinski definition) is 0. The molecule has 2 aromatic rings. The highest BCUT2D eigenvalue weighted by atomic mass is 16.5. The molecule has 2 saturated heterocycles. The SMILES string of the molecule is CC(=O)N1CCN(C(=O)c2ccccc2OCCN2CCCC2=O)C(c2ccccc2)C1. The first-order chi connectivity index (χ1) is 15.5. The summed E-state index contributed by atoms with van der Waals surface area (Å²) in [5.74, 6) is 0.574. The van der Waals surface area contributed by atoms with Gasteiger partial charge in [-0.15, -0.1) is 0 Å². The van der Waals surface area contributed by atoms with Crippen molar-refractivity contribution in [3.8, 4) is 5.75 Å². The molecule has 2 aromatic carbocycles. The van der Waals surface area contributed by atoms with Gasteiger partial charge in [-0.05, 0) is 24.1 Å². The number of para-hydroxylation sites is 1. The Kier molecular flexibility index (Phi) is 6.73. The average molecular weight is 436 g/mol.